The zero-order valence-corrected chi connectivity index (χ0v) is 6.61. The van der Waals surface area contributed by atoms with Crippen molar-refractivity contribution in [3.63, 3.8) is 0 Å². The number of likely N-dealkylation sites (tertiary alicyclic amines) is 1. The standard InChI is InChI=1S/C4H7NO.CH3.V/c1-5-3-2-4(5)6;;/h2-3H2,1H3;1H3;/q;-1;. The molecule has 1 radical (unpaired) electrons. The quantitative estimate of drug-likeness (QED) is 0.360. The van der Waals surface area contributed by atoms with E-state index in [4.69, 9.17) is 0 Å². The molecular formula is C5H10NOV-. The minimum atomic E-state index is 0. The number of hydrogen-bond acceptors (Lipinski definition) is 1. The van der Waals surface area contributed by atoms with E-state index in [1.54, 1.807) is 4.90 Å². The third-order valence-electron chi connectivity index (χ3n) is 1.09. The number of carbonyl (C=O) groups excluding carboxylic acids is 1. The number of hydrogen-bond donors (Lipinski definition) is 0. The molecule has 1 amide bonds. The van der Waals surface area contributed by atoms with Gasteiger partial charge >= 0.3 is 0 Å². The molecule has 1 aliphatic heterocycles. The molecule has 0 aliphatic carbocycles. The zero-order chi connectivity index (χ0) is 4.57. The smallest absolute Gasteiger partial charge is 0.224 e. The van der Waals surface area contributed by atoms with Crippen LogP contribution in [0.2, 0.25) is 0 Å². The van der Waals surface area contributed by atoms with Crippen molar-refractivity contribution in [1.29, 1.82) is 0 Å². The van der Waals surface area contributed by atoms with Gasteiger partial charge in [0.15, 0.2) is 0 Å². The summed E-state index contributed by atoms with van der Waals surface area (Å²) < 4.78 is 0. The normalized spacial score (nSPS) is 15.6. The molecule has 8 heavy (non-hydrogen) atoms. The Morgan fingerprint density at radius 1 is 1.62 bits per heavy atom. The van der Waals surface area contributed by atoms with Crippen LogP contribution >= 0.6 is 0 Å². The predicted molar refractivity (Wildman–Crippen MR) is 28.7 cm³/mol. The van der Waals surface area contributed by atoms with E-state index in [2.05, 4.69) is 0 Å². The number of carbonyl (C=O) groups is 1. The van der Waals surface area contributed by atoms with Crippen molar-refractivity contribution >= 4 is 5.91 Å². The van der Waals surface area contributed by atoms with Gasteiger partial charge in [-0.05, 0) is 0 Å². The summed E-state index contributed by atoms with van der Waals surface area (Å²) in [5, 5.41) is 0. The Morgan fingerprint density at radius 2 is 2.00 bits per heavy atom. The van der Waals surface area contributed by atoms with E-state index in [1.165, 1.54) is 0 Å². The van der Waals surface area contributed by atoms with Crippen LogP contribution < -0.4 is 0 Å². The molecule has 1 saturated heterocycles. The van der Waals surface area contributed by atoms with Crippen LogP contribution in [0, 0.1) is 7.43 Å². The molecule has 0 aromatic heterocycles. The van der Waals surface area contributed by atoms with Gasteiger partial charge in [0.05, 0.1) is 0 Å². The molecule has 3 heteroatoms. The Labute approximate surface area is 62.1 Å². The fourth-order valence-corrected chi connectivity index (χ4v) is 0.427. The molecule has 0 bridgehead atoms. The maximum atomic E-state index is 10.2. The average molecular weight is 151 g/mol. The molecule has 0 atom stereocenters. The van der Waals surface area contributed by atoms with E-state index < -0.39 is 0 Å². The second-order valence-electron chi connectivity index (χ2n) is 1.57. The van der Waals surface area contributed by atoms with Crippen molar-refractivity contribution in [2.45, 2.75) is 6.42 Å². The summed E-state index contributed by atoms with van der Waals surface area (Å²) in [7, 11) is 1.81. The Bertz CT molecular complexity index is 84.5. The molecule has 0 unspecified atom stereocenters. The van der Waals surface area contributed by atoms with Crippen molar-refractivity contribution < 1.29 is 23.4 Å². The fraction of sp³-hybridized carbons (Fsp3) is 0.600. The first-order valence-corrected chi connectivity index (χ1v) is 2.04. The molecule has 47 valence electrons. The van der Waals surface area contributed by atoms with E-state index in [0.29, 0.717) is 0 Å². The summed E-state index contributed by atoms with van der Waals surface area (Å²) in [5.41, 5.74) is 0. The summed E-state index contributed by atoms with van der Waals surface area (Å²) in [6.07, 6.45) is 0.760. The largest absolute Gasteiger partial charge is 0.358 e. The second-order valence-corrected chi connectivity index (χ2v) is 1.57. The first kappa shape index (κ1) is 10.9. The van der Waals surface area contributed by atoms with E-state index >= 15 is 0 Å². The van der Waals surface area contributed by atoms with Crippen molar-refractivity contribution in [1.82, 2.24) is 4.90 Å². The first-order chi connectivity index (χ1) is 2.80. The van der Waals surface area contributed by atoms with Gasteiger partial charge in [0, 0.05) is 38.6 Å². The third kappa shape index (κ3) is 1.89. The second kappa shape index (κ2) is 3.99. The van der Waals surface area contributed by atoms with Crippen LogP contribution in [0.4, 0.5) is 0 Å². The van der Waals surface area contributed by atoms with Crippen molar-refractivity contribution in [2.75, 3.05) is 13.6 Å². The summed E-state index contributed by atoms with van der Waals surface area (Å²) in [6.45, 7) is 0.957. The third-order valence-corrected chi connectivity index (χ3v) is 1.09. The Balaban J connectivity index is 0. The fourth-order valence-electron chi connectivity index (χ4n) is 0.427. The van der Waals surface area contributed by atoms with Gasteiger partial charge in [0.25, 0.3) is 0 Å². The average Bonchev–Trinajstić information content (AvgIpc) is 1.61. The van der Waals surface area contributed by atoms with Gasteiger partial charge in [-0.1, -0.05) is 0 Å². The van der Waals surface area contributed by atoms with E-state index in [-0.39, 0.29) is 31.9 Å². The molecule has 1 aliphatic rings. The van der Waals surface area contributed by atoms with Crippen LogP contribution in [0.1, 0.15) is 6.42 Å². The molecule has 2 nitrogen and oxygen atoms in total. The van der Waals surface area contributed by atoms with Crippen LogP contribution in [0.3, 0.4) is 0 Å². The Morgan fingerprint density at radius 3 is 2.00 bits per heavy atom. The van der Waals surface area contributed by atoms with E-state index in [1.807, 2.05) is 7.05 Å². The molecule has 0 N–H and O–H groups in total. The SMILES string of the molecule is CN1CCC1=O.[CH3-].[V]. The summed E-state index contributed by atoms with van der Waals surface area (Å²) in [5.74, 6) is 0.273. The van der Waals surface area contributed by atoms with Crippen molar-refractivity contribution in [3.8, 4) is 0 Å². The first-order valence-electron chi connectivity index (χ1n) is 2.04. The van der Waals surface area contributed by atoms with Gasteiger partial charge in [-0.3, -0.25) is 4.79 Å². The van der Waals surface area contributed by atoms with Crippen LogP contribution in [-0.4, -0.2) is 24.4 Å². The molecular weight excluding hydrogens is 141 g/mol. The van der Waals surface area contributed by atoms with Gasteiger partial charge in [-0.2, -0.15) is 0 Å². The maximum Gasteiger partial charge on any atom is 0.224 e. The predicted octanol–water partition coefficient (Wildman–Crippen LogP) is 0.296. The number of amides is 1. The number of rotatable bonds is 0. The number of nitrogens with zero attached hydrogens (tertiary/aromatic N) is 1. The minimum Gasteiger partial charge on any atom is -0.358 e. The monoisotopic (exact) mass is 151 g/mol. The molecule has 1 heterocycles. The minimum absolute atomic E-state index is 0. The summed E-state index contributed by atoms with van der Waals surface area (Å²) in [4.78, 5) is 11.9. The Hall–Kier alpha value is 0.0544. The van der Waals surface area contributed by atoms with Crippen LogP contribution in [0.5, 0.6) is 0 Å². The molecule has 1 fully saturated rings. The van der Waals surface area contributed by atoms with Gasteiger partial charge in [0.2, 0.25) is 5.91 Å². The summed E-state index contributed by atoms with van der Waals surface area (Å²) >= 11 is 0. The van der Waals surface area contributed by atoms with Crippen LogP contribution in [0.15, 0.2) is 0 Å². The zero-order valence-electron chi connectivity index (χ0n) is 5.22. The van der Waals surface area contributed by atoms with Crippen molar-refractivity contribution in [2.24, 2.45) is 0 Å². The van der Waals surface area contributed by atoms with Crippen LogP contribution in [0.25, 0.3) is 0 Å². The number of β-lactam (4-membered cyclic amide) rings is 1. The Kier molecular flexibility index (Phi) is 5.45. The maximum absolute atomic E-state index is 10.2. The molecule has 0 aromatic carbocycles. The van der Waals surface area contributed by atoms with E-state index in [0.717, 1.165) is 13.0 Å². The van der Waals surface area contributed by atoms with E-state index in [9.17, 15) is 4.79 Å². The topological polar surface area (TPSA) is 20.3 Å². The van der Waals surface area contributed by atoms with Crippen molar-refractivity contribution in [3.05, 3.63) is 7.43 Å². The molecule has 0 saturated carbocycles. The van der Waals surface area contributed by atoms with Gasteiger partial charge in [-0.25, -0.2) is 0 Å². The summed E-state index contributed by atoms with van der Waals surface area (Å²) in [6, 6.07) is 0. The van der Waals surface area contributed by atoms with Gasteiger partial charge in [-0.15, -0.1) is 0 Å². The van der Waals surface area contributed by atoms with Gasteiger partial charge in [0.1, 0.15) is 0 Å². The molecule has 0 aromatic rings. The van der Waals surface area contributed by atoms with Crippen LogP contribution in [-0.2, 0) is 23.4 Å². The molecule has 1 rings (SSSR count). The molecule has 0 spiro atoms. The van der Waals surface area contributed by atoms with Gasteiger partial charge < -0.3 is 12.3 Å².